The van der Waals surface area contributed by atoms with Gasteiger partial charge in [0.1, 0.15) is 5.37 Å². The molecule has 0 saturated carbocycles. The third-order valence-electron chi connectivity index (χ3n) is 1.82. The fourth-order valence-corrected chi connectivity index (χ4v) is 2.32. The highest BCUT2D eigenvalue weighted by Gasteiger charge is 2.48. The summed E-state index contributed by atoms with van der Waals surface area (Å²) in [7, 11) is 0. The number of hydrogen-bond acceptors (Lipinski definition) is 3. The maximum Gasteiger partial charge on any atom is 0.294 e. The van der Waals surface area contributed by atoms with Crippen LogP contribution in [-0.4, -0.2) is 34.3 Å². The third-order valence-corrected chi connectivity index (χ3v) is 3.18. The van der Waals surface area contributed by atoms with Gasteiger partial charge in [-0.2, -0.15) is 0 Å². The molecule has 2 aliphatic heterocycles. The Morgan fingerprint density at radius 1 is 1.55 bits per heavy atom. The van der Waals surface area contributed by atoms with Crippen molar-refractivity contribution in [2.45, 2.75) is 5.37 Å². The number of amides is 1. The van der Waals surface area contributed by atoms with E-state index in [1.54, 1.807) is 4.90 Å². The smallest absolute Gasteiger partial charge is 0.294 e. The fourth-order valence-electron chi connectivity index (χ4n) is 1.23. The molecule has 11 heavy (non-hydrogen) atoms. The Labute approximate surface area is 68.4 Å². The summed E-state index contributed by atoms with van der Waals surface area (Å²) in [4.78, 5) is 23.3. The number of carbonyl (C=O) groups is 2. The molecular formula is C7H7NO2S. The number of hydrogen-bond donors (Lipinski definition) is 0. The molecule has 1 atom stereocenters. The van der Waals surface area contributed by atoms with Gasteiger partial charge in [-0.25, -0.2) is 0 Å². The lowest BCUT2D eigenvalue weighted by Gasteiger charge is -2.41. The summed E-state index contributed by atoms with van der Waals surface area (Å²) in [6, 6.07) is 0. The monoisotopic (exact) mass is 169 g/mol. The normalized spacial score (nSPS) is 30.0. The molecule has 0 aromatic rings. The molecular weight excluding hydrogens is 162 g/mol. The summed E-state index contributed by atoms with van der Waals surface area (Å²) in [6.07, 6.45) is 0. The van der Waals surface area contributed by atoms with Crippen LogP contribution >= 0.6 is 11.8 Å². The molecule has 0 N–H and O–H groups in total. The number of Topliss-reactive ketones (excluding diaryl/α,β-unsaturated/α-hetero) is 1. The van der Waals surface area contributed by atoms with Crippen LogP contribution in [0.25, 0.3) is 0 Å². The Kier molecular flexibility index (Phi) is 1.32. The highest BCUT2D eigenvalue weighted by atomic mass is 32.2. The van der Waals surface area contributed by atoms with E-state index < -0.39 is 0 Å². The Bertz CT molecular complexity index is 261. The van der Waals surface area contributed by atoms with Crippen molar-refractivity contribution >= 4 is 23.5 Å². The molecule has 2 heterocycles. The zero-order valence-electron chi connectivity index (χ0n) is 5.87. The van der Waals surface area contributed by atoms with Crippen LogP contribution < -0.4 is 0 Å². The van der Waals surface area contributed by atoms with Crippen LogP contribution in [0.2, 0.25) is 0 Å². The van der Waals surface area contributed by atoms with Gasteiger partial charge in [-0.05, 0) is 5.57 Å². The van der Waals surface area contributed by atoms with Gasteiger partial charge in [-0.3, -0.25) is 9.59 Å². The molecule has 58 valence electrons. The Balaban J connectivity index is 2.16. The molecule has 0 radical (unpaired) electrons. The van der Waals surface area contributed by atoms with E-state index >= 15 is 0 Å². The predicted molar refractivity (Wildman–Crippen MR) is 42.1 cm³/mol. The molecule has 0 aliphatic carbocycles. The second-order valence-electron chi connectivity index (χ2n) is 2.71. The summed E-state index contributed by atoms with van der Waals surface area (Å²) in [5.41, 5.74) is 1.02. The number of carbonyl (C=O) groups excluding carboxylic acids is 2. The zero-order chi connectivity index (χ0) is 8.01. The minimum absolute atomic E-state index is 0.187. The van der Waals surface area contributed by atoms with Crippen molar-refractivity contribution in [3.05, 3.63) is 12.2 Å². The number of fused-ring (bicyclic) bond motifs is 1. The van der Waals surface area contributed by atoms with Gasteiger partial charge in [0.15, 0.2) is 0 Å². The largest absolute Gasteiger partial charge is 0.312 e. The summed E-state index contributed by atoms with van der Waals surface area (Å²) in [6.45, 7) is 4.34. The Morgan fingerprint density at radius 3 is 3.00 bits per heavy atom. The first kappa shape index (κ1) is 6.91. The van der Waals surface area contributed by atoms with Crippen LogP contribution in [0.15, 0.2) is 12.2 Å². The van der Waals surface area contributed by atoms with E-state index in [2.05, 4.69) is 6.58 Å². The van der Waals surface area contributed by atoms with Crippen molar-refractivity contribution in [1.82, 2.24) is 4.90 Å². The SMILES string of the molecule is C=C1CS[C@H]2C(=O)C(=O)N2C1. The first-order valence-corrected chi connectivity index (χ1v) is 4.38. The number of ketones is 1. The van der Waals surface area contributed by atoms with Gasteiger partial charge >= 0.3 is 0 Å². The number of nitrogens with zero attached hydrogens (tertiary/aromatic N) is 1. The molecule has 0 bridgehead atoms. The van der Waals surface area contributed by atoms with E-state index in [4.69, 9.17) is 0 Å². The van der Waals surface area contributed by atoms with E-state index in [0.717, 1.165) is 11.3 Å². The fraction of sp³-hybridized carbons (Fsp3) is 0.429. The van der Waals surface area contributed by atoms with Crippen LogP contribution in [0.4, 0.5) is 0 Å². The molecule has 0 spiro atoms. The minimum atomic E-state index is -0.344. The third kappa shape index (κ3) is 0.822. The standard InChI is InChI=1S/C7H7NO2S/c1-4-2-8-6(10)5(9)7(8)11-3-4/h7H,1-3H2/t7-/m0/s1. The summed E-state index contributed by atoms with van der Waals surface area (Å²) < 4.78 is 0. The Hall–Kier alpha value is -0.770. The van der Waals surface area contributed by atoms with Gasteiger partial charge in [0, 0.05) is 12.3 Å². The van der Waals surface area contributed by atoms with Gasteiger partial charge in [0.25, 0.3) is 11.7 Å². The molecule has 2 aliphatic rings. The minimum Gasteiger partial charge on any atom is -0.312 e. The maximum atomic E-state index is 10.9. The molecule has 1 amide bonds. The summed E-state index contributed by atoms with van der Waals surface area (Å²) in [5.74, 6) is 0.214. The number of β-lactam (4-membered cyclic amide) rings is 1. The predicted octanol–water partition coefficient (Wildman–Crippen LogP) is 0.0268. The Morgan fingerprint density at radius 2 is 2.27 bits per heavy atom. The van der Waals surface area contributed by atoms with Gasteiger partial charge in [0.05, 0.1) is 0 Å². The highest BCUT2D eigenvalue weighted by Crippen LogP contribution is 2.32. The van der Waals surface area contributed by atoms with Crippen molar-refractivity contribution in [3.63, 3.8) is 0 Å². The lowest BCUT2D eigenvalue weighted by Crippen LogP contribution is -2.62. The average Bonchev–Trinajstić information content (AvgIpc) is 2.03. The first-order valence-electron chi connectivity index (χ1n) is 3.33. The molecule has 3 nitrogen and oxygen atoms in total. The van der Waals surface area contributed by atoms with Crippen LogP contribution in [0, 0.1) is 0 Å². The topological polar surface area (TPSA) is 37.4 Å². The second-order valence-corrected chi connectivity index (χ2v) is 3.78. The van der Waals surface area contributed by atoms with Crippen molar-refractivity contribution in [3.8, 4) is 0 Å². The van der Waals surface area contributed by atoms with Crippen molar-refractivity contribution in [2.24, 2.45) is 0 Å². The van der Waals surface area contributed by atoms with E-state index in [1.807, 2.05) is 0 Å². The van der Waals surface area contributed by atoms with Crippen LogP contribution in [0.3, 0.4) is 0 Å². The molecule has 0 aromatic carbocycles. The zero-order valence-corrected chi connectivity index (χ0v) is 6.69. The summed E-state index contributed by atoms with van der Waals surface area (Å²) >= 11 is 1.49. The molecule has 2 fully saturated rings. The first-order chi connectivity index (χ1) is 5.20. The van der Waals surface area contributed by atoms with Crippen molar-refractivity contribution < 1.29 is 9.59 Å². The molecule has 4 heteroatoms. The van der Waals surface area contributed by atoms with E-state index in [-0.39, 0.29) is 17.1 Å². The number of thioether (sulfide) groups is 1. The van der Waals surface area contributed by atoms with Crippen LogP contribution in [-0.2, 0) is 9.59 Å². The molecule has 2 saturated heterocycles. The summed E-state index contributed by atoms with van der Waals surface area (Å²) in [5, 5.41) is -0.187. The second kappa shape index (κ2) is 2.11. The molecule has 2 rings (SSSR count). The lowest BCUT2D eigenvalue weighted by molar-refractivity contribution is -0.156. The van der Waals surface area contributed by atoms with Gasteiger partial charge in [0.2, 0.25) is 0 Å². The molecule has 0 unspecified atom stereocenters. The average molecular weight is 169 g/mol. The van der Waals surface area contributed by atoms with Crippen molar-refractivity contribution in [1.29, 1.82) is 0 Å². The number of rotatable bonds is 0. The van der Waals surface area contributed by atoms with Gasteiger partial charge < -0.3 is 4.90 Å². The molecule has 0 aromatic heterocycles. The van der Waals surface area contributed by atoms with E-state index in [0.29, 0.717) is 6.54 Å². The maximum absolute atomic E-state index is 10.9. The van der Waals surface area contributed by atoms with E-state index in [9.17, 15) is 9.59 Å². The van der Waals surface area contributed by atoms with Crippen LogP contribution in [0.5, 0.6) is 0 Å². The quantitative estimate of drug-likeness (QED) is 0.291. The lowest BCUT2D eigenvalue weighted by atomic mass is 10.1. The van der Waals surface area contributed by atoms with Crippen molar-refractivity contribution in [2.75, 3.05) is 12.3 Å². The van der Waals surface area contributed by atoms with Gasteiger partial charge in [-0.1, -0.05) is 6.58 Å². The van der Waals surface area contributed by atoms with Gasteiger partial charge in [-0.15, -0.1) is 11.8 Å². The van der Waals surface area contributed by atoms with Crippen LogP contribution in [0.1, 0.15) is 0 Å². The van der Waals surface area contributed by atoms with E-state index in [1.165, 1.54) is 11.8 Å². The highest BCUT2D eigenvalue weighted by molar-refractivity contribution is 8.01.